The van der Waals surface area contributed by atoms with Crippen LogP contribution in [0.25, 0.3) is 0 Å². The quantitative estimate of drug-likeness (QED) is 0.944. The Bertz CT molecular complexity index is 620. The van der Waals surface area contributed by atoms with Gasteiger partial charge in [-0.25, -0.2) is 0 Å². The lowest BCUT2D eigenvalue weighted by atomic mass is 10.2. The van der Waals surface area contributed by atoms with Crippen LogP contribution in [0.3, 0.4) is 0 Å². The number of pyridine rings is 1. The number of fused-ring (bicyclic) bond motifs is 1. The molecule has 0 saturated carbocycles. The summed E-state index contributed by atoms with van der Waals surface area (Å²) in [4.78, 5) is 15.8. The molecule has 3 rings (SSSR count). The molecule has 6 heteroatoms. The third-order valence-electron chi connectivity index (χ3n) is 3.00. The van der Waals surface area contributed by atoms with Crippen molar-refractivity contribution < 1.29 is 14.3 Å². The number of carbonyl (C=O) groups is 1. The van der Waals surface area contributed by atoms with E-state index >= 15 is 0 Å². The van der Waals surface area contributed by atoms with Gasteiger partial charge in [-0.05, 0) is 29.8 Å². The second-order valence-electron chi connectivity index (χ2n) is 4.40. The van der Waals surface area contributed by atoms with Crippen LogP contribution in [0.2, 0.25) is 0 Å². The van der Waals surface area contributed by atoms with Crippen LogP contribution in [0.5, 0.6) is 11.5 Å². The fourth-order valence-corrected chi connectivity index (χ4v) is 1.99. The van der Waals surface area contributed by atoms with E-state index in [1.165, 1.54) is 0 Å². The highest BCUT2D eigenvalue weighted by molar-refractivity contribution is 5.93. The third-order valence-corrected chi connectivity index (χ3v) is 3.00. The minimum absolute atomic E-state index is 0. The van der Waals surface area contributed by atoms with Gasteiger partial charge in [0.2, 0.25) is 0 Å². The molecule has 0 spiro atoms. The Hall–Kier alpha value is -2.27. The summed E-state index contributed by atoms with van der Waals surface area (Å²) in [6.45, 7) is 1.57. The molecule has 1 aliphatic heterocycles. The number of amides is 1. The summed E-state index contributed by atoms with van der Waals surface area (Å²) >= 11 is 0. The highest BCUT2D eigenvalue weighted by Crippen LogP contribution is 2.30. The molecule has 0 fully saturated rings. The molecule has 1 N–H and O–H groups in total. The van der Waals surface area contributed by atoms with Crippen LogP contribution in [0.4, 0.5) is 0 Å². The summed E-state index contributed by atoms with van der Waals surface area (Å²) in [5.74, 6) is 1.36. The molecule has 1 aliphatic rings. The van der Waals surface area contributed by atoms with Crippen molar-refractivity contribution in [3.05, 3.63) is 53.9 Å². The summed E-state index contributed by atoms with van der Waals surface area (Å²) in [5.41, 5.74) is 1.56. The van der Waals surface area contributed by atoms with Crippen LogP contribution in [0, 0.1) is 0 Å². The maximum Gasteiger partial charge on any atom is 0.251 e. The Labute approximate surface area is 128 Å². The Morgan fingerprint density at radius 2 is 1.81 bits per heavy atom. The SMILES string of the molecule is Cl.O=C(NCc1ccc2c(c1)OCCO2)c1ccncc1. The van der Waals surface area contributed by atoms with Crippen molar-refractivity contribution in [2.24, 2.45) is 0 Å². The third kappa shape index (κ3) is 3.64. The average Bonchev–Trinajstić information content (AvgIpc) is 2.53. The smallest absolute Gasteiger partial charge is 0.251 e. The molecular weight excluding hydrogens is 292 g/mol. The number of ether oxygens (including phenoxy) is 2. The summed E-state index contributed by atoms with van der Waals surface area (Å²) in [6.07, 6.45) is 3.19. The van der Waals surface area contributed by atoms with Crippen molar-refractivity contribution >= 4 is 18.3 Å². The first kappa shape index (κ1) is 15.1. The first-order valence-corrected chi connectivity index (χ1v) is 6.40. The van der Waals surface area contributed by atoms with Crippen molar-refractivity contribution in [1.82, 2.24) is 10.3 Å². The zero-order valence-corrected chi connectivity index (χ0v) is 12.1. The average molecular weight is 307 g/mol. The van der Waals surface area contributed by atoms with Gasteiger partial charge in [0.25, 0.3) is 5.91 Å². The van der Waals surface area contributed by atoms with Crippen molar-refractivity contribution in [2.45, 2.75) is 6.54 Å². The zero-order valence-electron chi connectivity index (χ0n) is 11.2. The van der Waals surface area contributed by atoms with Gasteiger partial charge in [0.15, 0.2) is 11.5 Å². The largest absolute Gasteiger partial charge is 0.486 e. The Balaban J connectivity index is 0.00000161. The molecule has 0 atom stereocenters. The van der Waals surface area contributed by atoms with E-state index in [0.29, 0.717) is 25.3 Å². The van der Waals surface area contributed by atoms with Gasteiger partial charge < -0.3 is 14.8 Å². The minimum Gasteiger partial charge on any atom is -0.486 e. The number of carbonyl (C=O) groups excluding carboxylic acids is 1. The van der Waals surface area contributed by atoms with Gasteiger partial charge in [-0.15, -0.1) is 12.4 Å². The van der Waals surface area contributed by atoms with Crippen LogP contribution in [-0.2, 0) is 6.54 Å². The maximum absolute atomic E-state index is 11.9. The Morgan fingerprint density at radius 1 is 1.10 bits per heavy atom. The molecule has 0 aliphatic carbocycles. The molecule has 110 valence electrons. The van der Waals surface area contributed by atoms with Crippen molar-refractivity contribution in [3.63, 3.8) is 0 Å². The van der Waals surface area contributed by atoms with Crippen LogP contribution in [0.15, 0.2) is 42.7 Å². The normalized spacial score (nSPS) is 12.2. The summed E-state index contributed by atoms with van der Waals surface area (Å²) in [5, 5.41) is 2.86. The van der Waals surface area contributed by atoms with Gasteiger partial charge in [0, 0.05) is 24.5 Å². The van der Waals surface area contributed by atoms with E-state index in [2.05, 4.69) is 10.3 Å². The number of hydrogen-bond donors (Lipinski definition) is 1. The standard InChI is InChI=1S/C15H14N2O3.ClH/c18-15(12-3-5-16-6-4-12)17-10-11-1-2-13-14(9-11)20-8-7-19-13;/h1-6,9H,7-8,10H2,(H,17,18);1H. The first-order chi connectivity index (χ1) is 9.83. The summed E-state index contributed by atoms with van der Waals surface area (Å²) in [6, 6.07) is 9.03. The number of aromatic nitrogens is 1. The molecule has 2 aromatic rings. The number of hydrogen-bond acceptors (Lipinski definition) is 4. The maximum atomic E-state index is 11.9. The lowest BCUT2D eigenvalue weighted by molar-refractivity contribution is 0.0950. The lowest BCUT2D eigenvalue weighted by Crippen LogP contribution is -2.23. The number of nitrogens with zero attached hydrogens (tertiary/aromatic N) is 1. The number of rotatable bonds is 3. The first-order valence-electron chi connectivity index (χ1n) is 6.40. The molecule has 2 heterocycles. The lowest BCUT2D eigenvalue weighted by Gasteiger charge is -2.18. The highest BCUT2D eigenvalue weighted by atomic mass is 35.5. The van der Waals surface area contributed by atoms with Crippen LogP contribution in [0.1, 0.15) is 15.9 Å². The molecule has 21 heavy (non-hydrogen) atoms. The molecule has 0 unspecified atom stereocenters. The van der Waals surface area contributed by atoms with Gasteiger partial charge in [0.1, 0.15) is 13.2 Å². The fraction of sp³-hybridized carbons (Fsp3) is 0.200. The molecule has 1 aromatic carbocycles. The van der Waals surface area contributed by atoms with E-state index in [9.17, 15) is 4.79 Å². The number of halogens is 1. The van der Waals surface area contributed by atoms with E-state index in [-0.39, 0.29) is 18.3 Å². The second-order valence-corrected chi connectivity index (χ2v) is 4.40. The van der Waals surface area contributed by atoms with Crippen LogP contribution < -0.4 is 14.8 Å². The van der Waals surface area contributed by atoms with E-state index < -0.39 is 0 Å². The predicted octanol–water partition coefficient (Wildman–Crippen LogP) is 2.20. The van der Waals surface area contributed by atoms with Gasteiger partial charge in [-0.2, -0.15) is 0 Å². The molecule has 0 saturated heterocycles. The van der Waals surface area contributed by atoms with E-state index in [0.717, 1.165) is 17.1 Å². The molecule has 1 aromatic heterocycles. The van der Waals surface area contributed by atoms with Gasteiger partial charge >= 0.3 is 0 Å². The fourth-order valence-electron chi connectivity index (χ4n) is 1.99. The van der Waals surface area contributed by atoms with E-state index in [1.807, 2.05) is 18.2 Å². The van der Waals surface area contributed by atoms with Gasteiger partial charge in [-0.1, -0.05) is 6.07 Å². The monoisotopic (exact) mass is 306 g/mol. The van der Waals surface area contributed by atoms with E-state index in [1.54, 1.807) is 24.5 Å². The molecule has 5 nitrogen and oxygen atoms in total. The second kappa shape index (κ2) is 6.95. The van der Waals surface area contributed by atoms with Gasteiger partial charge in [-0.3, -0.25) is 9.78 Å². The topological polar surface area (TPSA) is 60.5 Å². The minimum atomic E-state index is -0.123. The van der Waals surface area contributed by atoms with Crippen molar-refractivity contribution in [1.29, 1.82) is 0 Å². The molecule has 0 bridgehead atoms. The highest BCUT2D eigenvalue weighted by Gasteiger charge is 2.12. The number of nitrogens with one attached hydrogen (secondary N) is 1. The number of benzene rings is 1. The van der Waals surface area contributed by atoms with Crippen LogP contribution >= 0.6 is 12.4 Å². The van der Waals surface area contributed by atoms with Crippen molar-refractivity contribution in [3.8, 4) is 11.5 Å². The van der Waals surface area contributed by atoms with E-state index in [4.69, 9.17) is 9.47 Å². The van der Waals surface area contributed by atoms with Crippen molar-refractivity contribution in [2.75, 3.05) is 13.2 Å². The molecule has 1 amide bonds. The molecular formula is C15H15ClN2O3. The Kier molecular flexibility index (Phi) is 5.00. The summed E-state index contributed by atoms with van der Waals surface area (Å²) < 4.78 is 11.0. The zero-order chi connectivity index (χ0) is 13.8. The Morgan fingerprint density at radius 3 is 2.57 bits per heavy atom. The predicted molar refractivity (Wildman–Crippen MR) is 80.1 cm³/mol. The summed E-state index contributed by atoms with van der Waals surface area (Å²) in [7, 11) is 0. The molecule has 0 radical (unpaired) electrons. The van der Waals surface area contributed by atoms with Gasteiger partial charge in [0.05, 0.1) is 0 Å². The van der Waals surface area contributed by atoms with Crippen LogP contribution in [-0.4, -0.2) is 24.1 Å².